The average Bonchev–Trinajstić information content (AvgIpc) is 0.822. The highest BCUT2D eigenvalue weighted by molar-refractivity contribution is 6.06. The Balaban J connectivity index is 0.00000183. The molecule has 2 aliphatic rings. The molecule has 1 aromatic heterocycles. The van der Waals surface area contributed by atoms with Gasteiger partial charge in [0.2, 0.25) is 0 Å². The van der Waals surface area contributed by atoms with Crippen LogP contribution in [0.4, 0.5) is 5.69 Å². The number of ketones is 1. The molecule has 2 aromatic rings. The molecular formula is C112H162N14O16. The molecule has 0 amide bonds. The molecule has 0 saturated carbocycles. The molecule has 1 N–H and O–H groups in total. The van der Waals surface area contributed by atoms with E-state index in [1.165, 1.54) is 61.2 Å². The number of carbonyl (C=O) groups is 7. The highest BCUT2D eigenvalue weighted by atomic mass is 16.6. The third-order valence-corrected chi connectivity index (χ3v) is 23.0. The summed E-state index contributed by atoms with van der Waals surface area (Å²) in [5.74, 6) is -2.44. The Morgan fingerprint density at radius 1 is 0.479 bits per heavy atom. The number of aryl methyl sites for hydroxylation is 2. The van der Waals surface area contributed by atoms with Crippen molar-refractivity contribution in [1.82, 2.24) is 29.4 Å². The van der Waals surface area contributed by atoms with Crippen LogP contribution in [0.15, 0.2) is 200 Å². The van der Waals surface area contributed by atoms with Crippen molar-refractivity contribution < 1.29 is 71.5 Å². The summed E-state index contributed by atoms with van der Waals surface area (Å²) in [6, 6.07) is 16.8. The van der Waals surface area contributed by atoms with Gasteiger partial charge in [-0.05, 0) is 214 Å². The number of nitrogens with zero attached hydrogens (tertiary/aromatic N) is 14. The van der Waals surface area contributed by atoms with E-state index in [0.29, 0.717) is 68.3 Å². The van der Waals surface area contributed by atoms with Crippen LogP contribution in [0.25, 0.3) is 9.69 Å². The first-order valence-corrected chi connectivity index (χ1v) is 50.5. The minimum absolute atomic E-state index is 0.00247. The summed E-state index contributed by atoms with van der Waals surface area (Å²) in [5.41, 5.74) is 1.17. The van der Waals surface area contributed by atoms with Crippen LogP contribution in [0.2, 0.25) is 0 Å². The SMILES string of the molecule is CCCCC(CC)COC(=O)/C(C#N)=C/C=C/N(CC)CC.CCOC(=O)/C(C#N)=C1/C=CN(c2ccc(C)cc2)C=N1.Cc1cc(O)c(C(=O)/C=C/N(C)C)c(=O)o1.[C-]#[N+]/C(=C/C=C/N(CC)CCCN(/C=C/C=C(/C#N)C(=O)OCC(CC)CCCC)CC)C(=O)OCC(CC)CCCC.[C-]#[N+]/C(=C/C=C/N1CCN(/C=C/C=C(/C#N)C(=O)OCC(CC)CCCC)CC1)C(=O)OCC(CC)CCCC. The van der Waals surface area contributed by atoms with Gasteiger partial charge in [-0.15, -0.1) is 0 Å². The normalized spacial score (nSPS) is 14.1. The predicted molar refractivity (Wildman–Crippen MR) is 562 cm³/mol. The van der Waals surface area contributed by atoms with Gasteiger partial charge < -0.3 is 72.2 Å². The van der Waals surface area contributed by atoms with E-state index in [-0.39, 0.29) is 57.4 Å². The summed E-state index contributed by atoms with van der Waals surface area (Å²) in [6.07, 6.45) is 55.2. The van der Waals surface area contributed by atoms with Crippen molar-refractivity contribution in [3.8, 4) is 30.0 Å². The quantitative estimate of drug-likeness (QED) is 0.0122. The molecule has 1 aromatic carbocycles. The Morgan fingerprint density at radius 2 is 0.838 bits per heavy atom. The van der Waals surface area contributed by atoms with Crippen molar-refractivity contribution in [1.29, 1.82) is 21.0 Å². The molecule has 2 aliphatic heterocycles. The van der Waals surface area contributed by atoms with Gasteiger partial charge in [0, 0.05) is 110 Å². The number of rotatable bonds is 59. The van der Waals surface area contributed by atoms with Crippen molar-refractivity contribution in [3.63, 3.8) is 0 Å². The molecule has 3 heterocycles. The maximum atomic E-state index is 12.4. The number of esters is 6. The van der Waals surface area contributed by atoms with E-state index >= 15 is 0 Å². The van der Waals surface area contributed by atoms with Crippen molar-refractivity contribution >= 4 is 53.6 Å². The molecule has 5 atom stereocenters. The molecule has 776 valence electrons. The van der Waals surface area contributed by atoms with E-state index < -0.39 is 47.2 Å². The van der Waals surface area contributed by atoms with Crippen LogP contribution >= 0.6 is 0 Å². The van der Waals surface area contributed by atoms with Crippen LogP contribution < -0.4 is 10.5 Å². The van der Waals surface area contributed by atoms with E-state index in [2.05, 4.69) is 136 Å². The summed E-state index contributed by atoms with van der Waals surface area (Å²) in [7, 11) is 3.47. The molecule has 4 rings (SSSR count). The minimum atomic E-state index is -0.828. The number of aliphatic imine (C=N–C) groups is 1. The Kier molecular flexibility index (Phi) is 73.2. The van der Waals surface area contributed by atoms with Gasteiger partial charge in [0.15, 0.2) is 11.4 Å². The fourth-order valence-corrected chi connectivity index (χ4v) is 13.4. The molecule has 1 fully saturated rings. The molecule has 0 bridgehead atoms. The summed E-state index contributed by atoms with van der Waals surface area (Å²) in [4.78, 5) is 121. The number of hydrogen-bond acceptors (Lipinski definition) is 28. The fourth-order valence-electron chi connectivity index (χ4n) is 13.4. The summed E-state index contributed by atoms with van der Waals surface area (Å²) in [5, 5.41) is 46.4. The van der Waals surface area contributed by atoms with Gasteiger partial charge in [0.05, 0.1) is 64.8 Å². The number of allylic oxidation sites excluding steroid dienone is 12. The standard InChI is InChI=1S/C35H56N4O4.C32H48N4O4.C18H30N2O2.C16H15N3O2.C11H13NO4/c1-8-14-19-30(10-3)28-42-34(40)32(27-36)21-16-23-38(12-5)25-18-26-39(13-6)24-17-22-33(37-7)35(41)43-29-31(11-4)20-15-9-2;1-6-10-14-27(8-3)25-39-31(37)29(24-33)16-12-18-35-20-22-36(23-21-35)19-13-17-30(34-5)32(38)40-26-28(9-4)15-11-7-2;1-5-9-11-16(6-2)15-22-18(21)17(14-19)12-10-13-20(7-3)8-4;1-3-21-16(20)14(10-17)15-8-9-19(11-18-15)13-6-4-12(2)5-7-13;1-7-6-9(14)10(11(15)16-7)8(13)4-5-12(2)3/h16-17,21-24,30-31H,8-15,18-20,25-26,28-29H2,1-6H3;12-13,16-19,27-28H,6-11,14-15,20-23,25-26H2,1-4H3;10,12-13,16H,5-9,11,15H2,1-4H3;4-9,11H,3H2,1-2H3;4-6,14H,1-3H3/b23-16+,24-17+,32-21-,33-22+;18-12+,19-13+,29-16-,30-17+;13-10+,17-12+;15-14-;5-4+. The summed E-state index contributed by atoms with van der Waals surface area (Å²) >= 11 is 0. The third-order valence-electron chi connectivity index (χ3n) is 23.0. The van der Waals surface area contributed by atoms with Crippen molar-refractivity contribution in [2.45, 2.75) is 253 Å². The maximum absolute atomic E-state index is 12.4. The van der Waals surface area contributed by atoms with Gasteiger partial charge in [-0.2, -0.15) is 21.0 Å². The first-order chi connectivity index (χ1) is 68.4. The molecule has 0 radical (unpaired) electrons. The lowest BCUT2D eigenvalue weighted by molar-refractivity contribution is -0.141. The van der Waals surface area contributed by atoms with Gasteiger partial charge >= 0.3 is 41.4 Å². The number of piperazine rings is 1. The van der Waals surface area contributed by atoms with Gasteiger partial charge in [0.1, 0.15) is 58.1 Å². The van der Waals surface area contributed by atoms with Crippen molar-refractivity contribution in [2.24, 2.45) is 34.6 Å². The lowest BCUT2D eigenvalue weighted by atomic mass is 10.0. The zero-order valence-electron chi connectivity index (χ0n) is 88.3. The van der Waals surface area contributed by atoms with Crippen LogP contribution in [0.3, 0.4) is 0 Å². The molecule has 142 heavy (non-hydrogen) atoms. The summed E-state index contributed by atoms with van der Waals surface area (Å²) < 4.78 is 36.4. The van der Waals surface area contributed by atoms with Crippen LogP contribution in [0, 0.1) is 102 Å². The molecule has 0 aliphatic carbocycles. The second kappa shape index (κ2) is 81.0. The Labute approximate surface area is 848 Å². The first kappa shape index (κ1) is 128. The Hall–Kier alpha value is -13.7. The van der Waals surface area contributed by atoms with E-state index in [0.717, 1.165) is 206 Å². The minimum Gasteiger partial charge on any atom is -0.507 e. The smallest absolute Gasteiger partial charge is 0.351 e. The second-order valence-electron chi connectivity index (χ2n) is 34.0. The van der Waals surface area contributed by atoms with Gasteiger partial charge in [-0.3, -0.25) is 14.4 Å². The van der Waals surface area contributed by atoms with Crippen LogP contribution in [0.5, 0.6) is 5.75 Å². The van der Waals surface area contributed by atoms with Crippen LogP contribution in [-0.2, 0) is 57.2 Å². The molecule has 30 heteroatoms. The summed E-state index contributed by atoms with van der Waals surface area (Å²) in [6.45, 7) is 59.3. The largest absolute Gasteiger partial charge is 0.507 e. The first-order valence-electron chi connectivity index (χ1n) is 50.5. The third kappa shape index (κ3) is 56.5. The molecule has 0 spiro atoms. The van der Waals surface area contributed by atoms with Crippen molar-refractivity contribution in [2.75, 3.05) is 124 Å². The zero-order chi connectivity index (χ0) is 106. The van der Waals surface area contributed by atoms with Crippen LogP contribution in [-0.4, -0.2) is 202 Å². The fraction of sp³-hybridized carbons (Fsp3) is 0.545. The molecular weight excluding hydrogens is 1800 g/mol. The van der Waals surface area contributed by atoms with Gasteiger partial charge in [-0.1, -0.05) is 195 Å². The Bertz CT molecular complexity index is 4700. The number of benzene rings is 1. The Morgan fingerprint density at radius 3 is 1.16 bits per heavy atom. The highest BCUT2D eigenvalue weighted by Gasteiger charge is 2.23. The molecule has 1 saturated heterocycles. The topological polar surface area (TPSA) is 364 Å². The highest BCUT2D eigenvalue weighted by Crippen LogP contribution is 2.24. The lowest BCUT2D eigenvalue weighted by Gasteiger charge is -2.33. The number of carbonyl (C=O) groups excluding carboxylic acids is 7. The number of aromatic hydroxyl groups is 1. The van der Waals surface area contributed by atoms with Gasteiger partial charge in [-0.25, -0.2) is 38.7 Å². The van der Waals surface area contributed by atoms with E-state index in [1.807, 2.05) is 91.4 Å². The second-order valence-corrected chi connectivity index (χ2v) is 34.0. The number of hydrogen-bond donors (Lipinski definition) is 1. The monoisotopic (exact) mass is 1960 g/mol. The van der Waals surface area contributed by atoms with Crippen LogP contribution in [0.1, 0.15) is 260 Å². The van der Waals surface area contributed by atoms with Gasteiger partial charge in [0.25, 0.3) is 11.4 Å². The number of nitriles is 4. The lowest BCUT2D eigenvalue weighted by Crippen LogP contribution is -2.41. The van der Waals surface area contributed by atoms with Crippen molar-refractivity contribution in [3.05, 3.63) is 236 Å². The number of anilines is 1. The molecule has 5 unspecified atom stereocenters. The number of ether oxygens (including phenoxy) is 6. The van der Waals surface area contributed by atoms with E-state index in [4.69, 9.17) is 56.5 Å². The predicted octanol–water partition coefficient (Wildman–Crippen LogP) is 21.9. The maximum Gasteiger partial charge on any atom is 0.351 e. The number of unbranched alkanes of at least 4 members (excludes halogenated alkanes) is 5. The van der Waals surface area contributed by atoms with E-state index in [1.54, 1.807) is 74.9 Å². The van der Waals surface area contributed by atoms with E-state index in [9.17, 15) is 54.0 Å². The zero-order valence-corrected chi connectivity index (χ0v) is 88.3. The molecule has 30 nitrogen and oxygen atoms in total. The average molecular weight is 1960 g/mol.